The fraction of sp³-hybridized carbons (Fsp3) is 0. The van der Waals surface area contributed by atoms with Crippen LogP contribution in [0.5, 0.6) is 5.75 Å². The topological polar surface area (TPSA) is 52.6 Å². The first kappa shape index (κ1) is 10.4. The molecule has 0 bridgehead atoms. The van der Waals surface area contributed by atoms with Gasteiger partial charge < -0.3 is 9.39 Å². The molecule has 0 aliphatic heterocycles. The molecule has 0 spiro atoms. The van der Waals surface area contributed by atoms with Gasteiger partial charge in [0.15, 0.2) is 0 Å². The molecule has 0 saturated heterocycles. The molecule has 14 heavy (non-hydrogen) atoms. The van der Waals surface area contributed by atoms with Gasteiger partial charge in [0.2, 0.25) is 0 Å². The zero-order valence-electron chi connectivity index (χ0n) is 7.73. The summed E-state index contributed by atoms with van der Waals surface area (Å²) < 4.78 is 9.35. The molecule has 70 valence electrons. The fourth-order valence-electron chi connectivity index (χ4n) is 0.940. The van der Waals surface area contributed by atoms with Gasteiger partial charge in [0.25, 0.3) is 13.8 Å². The van der Waals surface area contributed by atoms with Crippen LogP contribution in [0.25, 0.3) is 0 Å². The monoisotopic (exact) mass is 190 g/mol. The molecule has 6 heteroatoms. The van der Waals surface area contributed by atoms with Crippen molar-refractivity contribution in [2.24, 2.45) is 0 Å². The minimum atomic E-state index is -0.384. The Morgan fingerprint density at radius 1 is 1.36 bits per heavy atom. The molecule has 1 aromatic rings. The van der Waals surface area contributed by atoms with Crippen molar-refractivity contribution in [3.05, 3.63) is 29.8 Å². The van der Waals surface area contributed by atoms with Crippen LogP contribution in [0.4, 0.5) is 0 Å². The second-order valence-electron chi connectivity index (χ2n) is 2.46. The van der Waals surface area contributed by atoms with E-state index < -0.39 is 0 Å². The lowest BCUT2D eigenvalue weighted by Gasteiger charge is -2.02. The minimum Gasteiger partial charge on any atom is -0.545 e. The SMILES string of the molecule is BBOC(=O)c1ccc(OC=O)cc1. The van der Waals surface area contributed by atoms with Crippen LogP contribution in [0.15, 0.2) is 24.3 Å². The van der Waals surface area contributed by atoms with Crippen molar-refractivity contribution in [2.75, 3.05) is 0 Å². The van der Waals surface area contributed by atoms with E-state index in [1.807, 2.05) is 0 Å². The Morgan fingerprint density at radius 3 is 2.50 bits per heavy atom. The van der Waals surface area contributed by atoms with Gasteiger partial charge in [-0.2, -0.15) is 0 Å². The van der Waals surface area contributed by atoms with Crippen LogP contribution < -0.4 is 4.74 Å². The second-order valence-corrected chi connectivity index (χ2v) is 2.46. The third-order valence-corrected chi connectivity index (χ3v) is 1.55. The Bertz CT molecular complexity index is 323. The van der Waals surface area contributed by atoms with Crippen molar-refractivity contribution < 1.29 is 19.0 Å². The van der Waals surface area contributed by atoms with Crippen LogP contribution in [0.2, 0.25) is 0 Å². The zero-order chi connectivity index (χ0) is 10.4. The number of carbonyl (C=O) groups excluding carboxylic acids is 2. The quantitative estimate of drug-likeness (QED) is 0.464. The largest absolute Gasteiger partial charge is 0.545 e. The summed E-state index contributed by atoms with van der Waals surface area (Å²) in [5.41, 5.74) is 0.435. The molecular weight excluding hydrogens is 182 g/mol. The zero-order valence-corrected chi connectivity index (χ0v) is 7.73. The van der Waals surface area contributed by atoms with E-state index in [1.54, 1.807) is 7.74 Å². The number of benzene rings is 1. The molecule has 0 saturated carbocycles. The summed E-state index contributed by atoms with van der Waals surface area (Å²) in [6.07, 6.45) is 0. The normalized spacial score (nSPS) is 8.86. The van der Waals surface area contributed by atoms with E-state index in [9.17, 15) is 9.59 Å². The molecule has 0 radical (unpaired) electrons. The molecule has 4 nitrogen and oxygen atoms in total. The highest BCUT2D eigenvalue weighted by atomic mass is 16.5. The third kappa shape index (κ3) is 2.65. The molecule has 0 unspecified atom stereocenters. The van der Waals surface area contributed by atoms with Gasteiger partial charge in [0.05, 0.1) is 5.56 Å². The number of ether oxygens (including phenoxy) is 1. The predicted octanol–water partition coefficient (Wildman–Crippen LogP) is -0.722. The van der Waals surface area contributed by atoms with Crippen molar-refractivity contribution in [3.63, 3.8) is 0 Å². The van der Waals surface area contributed by atoms with Crippen LogP contribution in [0, 0.1) is 0 Å². The van der Waals surface area contributed by atoms with Crippen LogP contribution in [0.3, 0.4) is 0 Å². The summed E-state index contributed by atoms with van der Waals surface area (Å²) in [7, 11) is 2.08. The minimum absolute atomic E-state index is 0.333. The first-order chi connectivity index (χ1) is 6.77. The standard InChI is InChI=1S/C8H8B2O4/c9-10-14-8(12)6-1-3-7(4-2-6)13-5-11/h1-5,10H,9H2. The maximum absolute atomic E-state index is 11.2. The average Bonchev–Trinajstić information content (AvgIpc) is 2.20. The van der Waals surface area contributed by atoms with Crippen LogP contribution >= 0.6 is 0 Å². The molecule has 1 rings (SSSR count). The molecule has 0 heterocycles. The average molecular weight is 190 g/mol. The summed E-state index contributed by atoms with van der Waals surface area (Å²) in [5, 5.41) is 0. The summed E-state index contributed by atoms with van der Waals surface area (Å²) in [6.45, 7) is 0.333. The summed E-state index contributed by atoms with van der Waals surface area (Å²) in [6, 6.07) is 6.13. The molecule has 0 amide bonds. The number of hydrogen-bond acceptors (Lipinski definition) is 4. The number of rotatable bonds is 4. The van der Waals surface area contributed by atoms with E-state index >= 15 is 0 Å². The van der Waals surface area contributed by atoms with Crippen molar-refractivity contribution in [2.45, 2.75) is 0 Å². The van der Waals surface area contributed by atoms with E-state index in [1.165, 1.54) is 24.3 Å². The van der Waals surface area contributed by atoms with Gasteiger partial charge in [0.1, 0.15) is 13.5 Å². The van der Waals surface area contributed by atoms with Gasteiger partial charge in [-0.15, -0.1) is 0 Å². The van der Waals surface area contributed by atoms with Crippen LogP contribution in [-0.4, -0.2) is 27.6 Å². The lowest BCUT2D eigenvalue weighted by atomic mass is 9.72. The van der Waals surface area contributed by atoms with E-state index in [0.717, 1.165) is 0 Å². The van der Waals surface area contributed by atoms with Gasteiger partial charge in [-0.3, -0.25) is 4.79 Å². The molecule has 1 aromatic carbocycles. The smallest absolute Gasteiger partial charge is 0.319 e. The highest BCUT2D eigenvalue weighted by Gasteiger charge is 2.05. The second kappa shape index (κ2) is 5.11. The molecule has 0 aromatic heterocycles. The maximum atomic E-state index is 11.2. The van der Waals surface area contributed by atoms with Crippen LogP contribution in [-0.2, 0) is 9.45 Å². The molecule has 0 fully saturated rings. The highest BCUT2D eigenvalue weighted by molar-refractivity contribution is 6.86. The summed E-state index contributed by atoms with van der Waals surface area (Å²) in [5.74, 6) is 0.0122. The van der Waals surface area contributed by atoms with Gasteiger partial charge in [0, 0.05) is 0 Å². The Kier molecular flexibility index (Phi) is 3.79. The molecule has 0 atom stereocenters. The van der Waals surface area contributed by atoms with Crippen molar-refractivity contribution in [1.82, 2.24) is 0 Å². The molecule has 0 aliphatic rings. The first-order valence-corrected chi connectivity index (χ1v) is 4.15. The summed E-state index contributed by atoms with van der Waals surface area (Å²) in [4.78, 5) is 21.2. The van der Waals surface area contributed by atoms with E-state index in [-0.39, 0.29) is 5.97 Å². The number of hydrogen-bond donors (Lipinski definition) is 0. The van der Waals surface area contributed by atoms with Gasteiger partial charge in [-0.1, -0.05) is 0 Å². The lowest BCUT2D eigenvalue weighted by Crippen LogP contribution is -2.08. The predicted molar refractivity (Wildman–Crippen MR) is 54.2 cm³/mol. The van der Waals surface area contributed by atoms with Crippen molar-refractivity contribution in [1.29, 1.82) is 0 Å². The van der Waals surface area contributed by atoms with Gasteiger partial charge >= 0.3 is 5.97 Å². The van der Waals surface area contributed by atoms with E-state index in [2.05, 4.69) is 4.74 Å². The van der Waals surface area contributed by atoms with Gasteiger partial charge in [-0.25, -0.2) is 4.79 Å². The summed E-state index contributed by atoms with van der Waals surface area (Å²) >= 11 is 0. The highest BCUT2D eigenvalue weighted by Crippen LogP contribution is 2.11. The first-order valence-electron chi connectivity index (χ1n) is 4.15. The van der Waals surface area contributed by atoms with Crippen LogP contribution in [0.1, 0.15) is 10.4 Å². The third-order valence-electron chi connectivity index (χ3n) is 1.55. The van der Waals surface area contributed by atoms with Crippen molar-refractivity contribution >= 4 is 27.6 Å². The molecular formula is C8H8B2O4. The Hall–Kier alpha value is -1.71. The number of carbonyl (C=O) groups is 2. The molecule has 0 aliphatic carbocycles. The molecule has 0 N–H and O–H groups in total. The lowest BCUT2D eigenvalue weighted by molar-refractivity contribution is -0.120. The Balaban J connectivity index is 2.72. The Morgan fingerprint density at radius 2 is 2.00 bits per heavy atom. The fourth-order valence-corrected chi connectivity index (χ4v) is 0.940. The van der Waals surface area contributed by atoms with E-state index in [4.69, 9.17) is 4.65 Å². The van der Waals surface area contributed by atoms with E-state index in [0.29, 0.717) is 25.2 Å². The Labute approximate surface area is 82.9 Å². The van der Waals surface area contributed by atoms with Gasteiger partial charge in [-0.05, 0) is 24.3 Å². The van der Waals surface area contributed by atoms with Crippen molar-refractivity contribution in [3.8, 4) is 5.75 Å². The maximum Gasteiger partial charge on any atom is 0.319 e.